The molecule has 0 saturated heterocycles. The molecule has 0 fully saturated rings. The maximum Gasteiger partial charge on any atom is 0.338 e. The molecule has 3 aromatic carbocycles. The number of hydrogen-bond acceptors (Lipinski definition) is 7. The van der Waals surface area contributed by atoms with Gasteiger partial charge in [0.05, 0.1) is 46.2 Å². The van der Waals surface area contributed by atoms with Crippen LogP contribution in [0.1, 0.15) is 29.7 Å². The second kappa shape index (κ2) is 11.6. The maximum atomic E-state index is 14.0. The lowest BCUT2D eigenvalue weighted by Crippen LogP contribution is -2.40. The number of carbonyl (C=O) groups excluding carboxylic acids is 1. The zero-order valence-electron chi connectivity index (χ0n) is 21.5. The lowest BCUT2D eigenvalue weighted by molar-refractivity contribution is -0.138. The zero-order valence-corrected chi connectivity index (χ0v) is 24.5. The Balaban J connectivity index is 1.80. The standard InChI is InChI=1S/C30H25IN2O5S/c1-4-38-29(35)24-25(19-11-7-5-8-12-19)32-30-33(26(24)20-13-9-6-10-14-20)28(34)23(39-30)17-18-15-21(31)27(37-3)22(16-18)36-2/h5-17,26H,4H2,1-3H3/b23-17-/t26-/m1/s1. The molecule has 1 atom stereocenters. The lowest BCUT2D eigenvalue weighted by Gasteiger charge is -2.25. The van der Waals surface area contributed by atoms with Crippen molar-refractivity contribution in [1.29, 1.82) is 0 Å². The minimum Gasteiger partial charge on any atom is -0.493 e. The minimum atomic E-state index is -0.704. The Morgan fingerprint density at radius 2 is 1.74 bits per heavy atom. The topological polar surface area (TPSA) is 79.1 Å². The highest BCUT2D eigenvalue weighted by Gasteiger charge is 2.35. The van der Waals surface area contributed by atoms with Gasteiger partial charge in [-0.3, -0.25) is 9.36 Å². The van der Waals surface area contributed by atoms with Crippen LogP contribution in [-0.4, -0.2) is 31.4 Å². The summed E-state index contributed by atoms with van der Waals surface area (Å²) in [5.74, 6) is 0.701. The van der Waals surface area contributed by atoms with E-state index in [9.17, 15) is 9.59 Å². The molecule has 0 radical (unpaired) electrons. The molecular formula is C30H25IN2O5S. The first-order chi connectivity index (χ1) is 19.0. The van der Waals surface area contributed by atoms with Crippen molar-refractivity contribution in [3.63, 3.8) is 0 Å². The molecule has 0 amide bonds. The van der Waals surface area contributed by atoms with E-state index >= 15 is 0 Å². The molecule has 1 aromatic heterocycles. The zero-order chi connectivity index (χ0) is 27.5. The van der Waals surface area contributed by atoms with Crippen molar-refractivity contribution >= 4 is 51.7 Å². The van der Waals surface area contributed by atoms with Gasteiger partial charge >= 0.3 is 5.97 Å². The predicted molar refractivity (Wildman–Crippen MR) is 160 cm³/mol. The first-order valence-corrected chi connectivity index (χ1v) is 14.1. The number of ether oxygens (including phenoxy) is 3. The lowest BCUT2D eigenvalue weighted by atomic mass is 9.93. The molecule has 1 aliphatic rings. The third-order valence-corrected chi connectivity index (χ3v) is 8.03. The third kappa shape index (κ3) is 5.16. The van der Waals surface area contributed by atoms with Crippen molar-refractivity contribution in [2.75, 3.05) is 20.8 Å². The van der Waals surface area contributed by atoms with Crippen LogP contribution in [0.25, 0.3) is 11.8 Å². The van der Waals surface area contributed by atoms with Crippen LogP contribution >= 0.6 is 33.9 Å². The van der Waals surface area contributed by atoms with Gasteiger partial charge in [0.25, 0.3) is 5.56 Å². The van der Waals surface area contributed by atoms with E-state index in [1.807, 2.05) is 78.9 Å². The summed E-state index contributed by atoms with van der Waals surface area (Å²) in [6, 6.07) is 22.0. The Kier molecular flexibility index (Phi) is 7.99. The first kappa shape index (κ1) is 26.9. The molecule has 0 N–H and O–H groups in total. The number of nitrogens with zero attached hydrogens (tertiary/aromatic N) is 2. The van der Waals surface area contributed by atoms with Crippen molar-refractivity contribution in [3.8, 4) is 11.5 Å². The van der Waals surface area contributed by atoms with E-state index in [0.29, 0.717) is 32.1 Å². The summed E-state index contributed by atoms with van der Waals surface area (Å²) in [6.07, 6.45) is 1.81. The average Bonchev–Trinajstić information content (AvgIpc) is 3.27. The number of methoxy groups -OCH3 is 2. The molecular weight excluding hydrogens is 627 g/mol. The average molecular weight is 653 g/mol. The molecule has 7 nitrogen and oxygen atoms in total. The number of benzene rings is 3. The van der Waals surface area contributed by atoms with Crippen LogP contribution < -0.4 is 24.4 Å². The molecule has 4 aromatic rings. The van der Waals surface area contributed by atoms with Gasteiger partial charge in [-0.2, -0.15) is 0 Å². The van der Waals surface area contributed by atoms with E-state index in [1.54, 1.807) is 25.7 Å². The Morgan fingerprint density at radius 1 is 1.05 bits per heavy atom. The van der Waals surface area contributed by atoms with Crippen LogP contribution in [0, 0.1) is 3.57 Å². The number of carbonyl (C=O) groups is 1. The Bertz CT molecular complexity index is 1740. The van der Waals surface area contributed by atoms with Crippen molar-refractivity contribution in [1.82, 2.24) is 4.57 Å². The molecule has 5 rings (SSSR count). The predicted octanol–water partition coefficient (Wildman–Crippen LogP) is 4.56. The normalized spacial score (nSPS) is 15.0. The summed E-state index contributed by atoms with van der Waals surface area (Å²) in [5, 5.41) is 0. The molecule has 0 unspecified atom stereocenters. The van der Waals surface area contributed by atoms with Gasteiger partial charge in [-0.25, -0.2) is 9.79 Å². The van der Waals surface area contributed by atoms with Crippen LogP contribution in [0.4, 0.5) is 0 Å². The van der Waals surface area contributed by atoms with Crippen LogP contribution in [0.3, 0.4) is 0 Å². The van der Waals surface area contributed by atoms with Crippen molar-refractivity contribution in [2.45, 2.75) is 13.0 Å². The van der Waals surface area contributed by atoms with E-state index in [4.69, 9.17) is 19.2 Å². The third-order valence-electron chi connectivity index (χ3n) is 6.24. The Labute approximate surface area is 242 Å². The minimum absolute atomic E-state index is 0.203. The summed E-state index contributed by atoms with van der Waals surface area (Å²) < 4.78 is 19.4. The number of halogens is 1. The summed E-state index contributed by atoms with van der Waals surface area (Å²) in [4.78, 5) is 32.8. The second-order valence-corrected chi connectivity index (χ2v) is 10.8. The molecule has 2 heterocycles. The van der Waals surface area contributed by atoms with Crippen molar-refractivity contribution < 1.29 is 19.0 Å². The number of fused-ring (bicyclic) bond motifs is 1. The summed E-state index contributed by atoms with van der Waals surface area (Å²) in [6.45, 7) is 1.96. The van der Waals surface area contributed by atoms with E-state index in [-0.39, 0.29) is 12.2 Å². The van der Waals surface area contributed by atoms with Gasteiger partial charge in [-0.1, -0.05) is 72.0 Å². The van der Waals surface area contributed by atoms with Gasteiger partial charge in [0.15, 0.2) is 16.3 Å². The van der Waals surface area contributed by atoms with Crippen molar-refractivity contribution in [2.24, 2.45) is 4.99 Å². The Hall–Kier alpha value is -3.70. The molecule has 0 spiro atoms. The number of thiazole rings is 1. The maximum absolute atomic E-state index is 14.0. The number of esters is 1. The summed E-state index contributed by atoms with van der Waals surface area (Å²) >= 11 is 3.46. The van der Waals surface area contributed by atoms with E-state index in [0.717, 1.165) is 20.3 Å². The fourth-order valence-electron chi connectivity index (χ4n) is 4.56. The molecule has 0 aliphatic carbocycles. The highest BCUT2D eigenvalue weighted by atomic mass is 127. The van der Waals surface area contributed by atoms with Crippen LogP contribution in [0.2, 0.25) is 0 Å². The van der Waals surface area contributed by atoms with E-state index in [1.165, 1.54) is 11.3 Å². The second-order valence-electron chi connectivity index (χ2n) is 8.58. The molecule has 39 heavy (non-hydrogen) atoms. The fraction of sp³-hybridized carbons (Fsp3) is 0.167. The SMILES string of the molecule is CCOC(=O)C1=C(c2ccccc2)N=c2s/c(=C\c3cc(I)c(OC)c(OC)c3)c(=O)n2[C@@H]1c1ccccc1. The Morgan fingerprint density at radius 3 is 2.38 bits per heavy atom. The molecule has 0 bridgehead atoms. The van der Waals surface area contributed by atoms with Gasteiger partial charge in [0.1, 0.15) is 0 Å². The van der Waals surface area contributed by atoms with Crippen LogP contribution in [0.15, 0.2) is 88.2 Å². The van der Waals surface area contributed by atoms with Gasteiger partial charge in [-0.15, -0.1) is 0 Å². The van der Waals surface area contributed by atoms with E-state index < -0.39 is 12.0 Å². The van der Waals surface area contributed by atoms with Crippen LogP contribution in [0.5, 0.6) is 11.5 Å². The summed E-state index contributed by atoms with van der Waals surface area (Å²) in [7, 11) is 3.17. The highest BCUT2D eigenvalue weighted by Crippen LogP contribution is 2.36. The first-order valence-electron chi connectivity index (χ1n) is 12.2. The molecule has 1 aliphatic heterocycles. The number of aromatic nitrogens is 1. The van der Waals surface area contributed by atoms with Gasteiger partial charge in [0.2, 0.25) is 0 Å². The molecule has 9 heteroatoms. The molecule has 198 valence electrons. The van der Waals surface area contributed by atoms with Gasteiger partial charge in [0, 0.05) is 5.56 Å². The molecule has 0 saturated carbocycles. The largest absolute Gasteiger partial charge is 0.493 e. The number of hydrogen-bond donors (Lipinski definition) is 0. The monoisotopic (exact) mass is 652 g/mol. The van der Waals surface area contributed by atoms with Crippen molar-refractivity contribution in [3.05, 3.63) is 118 Å². The quantitative estimate of drug-likeness (QED) is 0.216. The highest BCUT2D eigenvalue weighted by molar-refractivity contribution is 14.1. The summed E-state index contributed by atoms with van der Waals surface area (Å²) in [5.41, 5.74) is 2.92. The number of rotatable bonds is 7. The van der Waals surface area contributed by atoms with E-state index in [2.05, 4.69) is 22.6 Å². The van der Waals surface area contributed by atoms with Gasteiger partial charge < -0.3 is 14.2 Å². The fourth-order valence-corrected chi connectivity index (χ4v) is 6.41. The smallest absolute Gasteiger partial charge is 0.338 e. The van der Waals surface area contributed by atoms with Crippen LogP contribution in [-0.2, 0) is 9.53 Å². The van der Waals surface area contributed by atoms with Gasteiger partial charge in [-0.05, 0) is 58.9 Å².